The van der Waals surface area contributed by atoms with Crippen molar-refractivity contribution in [2.45, 2.75) is 13.5 Å². The van der Waals surface area contributed by atoms with Gasteiger partial charge in [0, 0.05) is 6.20 Å². The van der Waals surface area contributed by atoms with E-state index in [2.05, 4.69) is 10.3 Å². The maximum Gasteiger partial charge on any atom is 0.262 e. The molecule has 0 aliphatic heterocycles. The second-order valence-electron chi connectivity index (χ2n) is 4.90. The lowest BCUT2D eigenvalue weighted by Gasteiger charge is -2.06. The van der Waals surface area contributed by atoms with Crippen LogP contribution in [-0.2, 0) is 11.3 Å². The highest BCUT2D eigenvalue weighted by Crippen LogP contribution is 2.20. The summed E-state index contributed by atoms with van der Waals surface area (Å²) in [6.45, 7) is 2.18. The SMILES string of the molecule is COc1ccc(/C=C(\C#N)C(=O)NCc2ccccn2)cc1C. The number of aromatic nitrogens is 1. The normalized spacial score (nSPS) is 10.7. The fourth-order valence-corrected chi connectivity index (χ4v) is 2.08. The van der Waals surface area contributed by atoms with Gasteiger partial charge in [-0.05, 0) is 48.4 Å². The van der Waals surface area contributed by atoms with Crippen LogP contribution in [0.1, 0.15) is 16.8 Å². The first-order valence-corrected chi connectivity index (χ1v) is 7.08. The molecule has 116 valence electrons. The summed E-state index contributed by atoms with van der Waals surface area (Å²) in [7, 11) is 1.60. The summed E-state index contributed by atoms with van der Waals surface area (Å²) in [5, 5.41) is 11.9. The summed E-state index contributed by atoms with van der Waals surface area (Å²) in [6.07, 6.45) is 3.21. The van der Waals surface area contributed by atoms with Crippen molar-refractivity contribution >= 4 is 12.0 Å². The van der Waals surface area contributed by atoms with Gasteiger partial charge in [-0.1, -0.05) is 12.1 Å². The molecule has 1 N–H and O–H groups in total. The van der Waals surface area contributed by atoms with Crippen LogP contribution in [0.3, 0.4) is 0 Å². The van der Waals surface area contributed by atoms with Crippen molar-refractivity contribution in [3.63, 3.8) is 0 Å². The third kappa shape index (κ3) is 4.42. The third-order valence-corrected chi connectivity index (χ3v) is 3.25. The van der Waals surface area contributed by atoms with Crippen LogP contribution in [0.15, 0.2) is 48.2 Å². The molecule has 1 aromatic heterocycles. The van der Waals surface area contributed by atoms with Crippen molar-refractivity contribution in [1.82, 2.24) is 10.3 Å². The minimum atomic E-state index is -0.424. The van der Waals surface area contributed by atoms with Gasteiger partial charge in [0.15, 0.2) is 0 Å². The molecule has 0 bridgehead atoms. The number of carbonyl (C=O) groups excluding carboxylic acids is 1. The zero-order valence-electron chi connectivity index (χ0n) is 13.0. The van der Waals surface area contributed by atoms with Crippen molar-refractivity contribution < 1.29 is 9.53 Å². The van der Waals surface area contributed by atoms with Crippen LogP contribution < -0.4 is 10.1 Å². The molecular weight excluding hydrogens is 290 g/mol. The van der Waals surface area contributed by atoms with Crippen molar-refractivity contribution in [2.24, 2.45) is 0 Å². The Morgan fingerprint density at radius 2 is 2.22 bits per heavy atom. The largest absolute Gasteiger partial charge is 0.496 e. The molecule has 1 aromatic carbocycles. The van der Waals surface area contributed by atoms with E-state index in [1.807, 2.05) is 37.3 Å². The minimum Gasteiger partial charge on any atom is -0.496 e. The molecule has 0 aliphatic carbocycles. The van der Waals surface area contributed by atoms with E-state index in [0.29, 0.717) is 0 Å². The Morgan fingerprint density at radius 1 is 1.39 bits per heavy atom. The average Bonchev–Trinajstić information content (AvgIpc) is 2.58. The first kappa shape index (κ1) is 16.2. The lowest BCUT2D eigenvalue weighted by molar-refractivity contribution is -0.117. The Balaban J connectivity index is 2.10. The van der Waals surface area contributed by atoms with Crippen molar-refractivity contribution in [2.75, 3.05) is 7.11 Å². The summed E-state index contributed by atoms with van der Waals surface area (Å²) in [4.78, 5) is 16.2. The number of nitrogens with zero attached hydrogens (tertiary/aromatic N) is 2. The molecule has 5 nitrogen and oxygen atoms in total. The number of amides is 1. The molecule has 0 saturated carbocycles. The van der Waals surface area contributed by atoms with Gasteiger partial charge < -0.3 is 10.1 Å². The lowest BCUT2D eigenvalue weighted by Crippen LogP contribution is -2.24. The van der Waals surface area contributed by atoms with Gasteiger partial charge in [0.05, 0.1) is 19.3 Å². The molecule has 0 unspecified atom stereocenters. The Labute approximate surface area is 135 Å². The number of benzene rings is 1. The molecule has 2 rings (SSSR count). The molecule has 1 heterocycles. The predicted octanol–water partition coefficient (Wildman–Crippen LogP) is 2.62. The maximum atomic E-state index is 12.1. The zero-order chi connectivity index (χ0) is 16.7. The first-order valence-electron chi connectivity index (χ1n) is 7.08. The van der Waals surface area contributed by atoms with Gasteiger partial charge in [-0.15, -0.1) is 0 Å². The number of carbonyl (C=O) groups is 1. The van der Waals surface area contributed by atoms with Crippen LogP contribution in [-0.4, -0.2) is 18.0 Å². The van der Waals surface area contributed by atoms with Crippen molar-refractivity contribution in [1.29, 1.82) is 5.26 Å². The fourth-order valence-electron chi connectivity index (χ4n) is 2.08. The monoisotopic (exact) mass is 307 g/mol. The molecule has 0 fully saturated rings. The van der Waals surface area contributed by atoms with Crippen molar-refractivity contribution in [3.8, 4) is 11.8 Å². The molecule has 0 atom stereocenters. The van der Waals surface area contributed by atoms with Gasteiger partial charge in [0.2, 0.25) is 0 Å². The van der Waals surface area contributed by atoms with E-state index in [4.69, 9.17) is 4.74 Å². The smallest absolute Gasteiger partial charge is 0.262 e. The molecule has 2 aromatic rings. The Bertz CT molecular complexity index is 762. The van der Waals surface area contributed by atoms with E-state index >= 15 is 0 Å². The first-order chi connectivity index (χ1) is 11.1. The molecule has 0 aliphatic rings. The summed E-state index contributed by atoms with van der Waals surface area (Å²) >= 11 is 0. The highest BCUT2D eigenvalue weighted by Gasteiger charge is 2.09. The molecule has 1 amide bonds. The Kier molecular flexibility index (Phi) is 5.48. The fraction of sp³-hybridized carbons (Fsp3) is 0.167. The number of nitrogens with one attached hydrogen (secondary N) is 1. The standard InChI is InChI=1S/C18H17N3O2/c1-13-9-14(6-7-17(13)23-2)10-15(11-19)18(22)21-12-16-5-3-4-8-20-16/h3-10H,12H2,1-2H3,(H,21,22)/b15-10+. The van der Waals surface area contributed by atoms with E-state index in [9.17, 15) is 10.1 Å². The van der Waals surface area contributed by atoms with E-state index in [1.54, 1.807) is 31.5 Å². The number of hydrogen-bond acceptors (Lipinski definition) is 4. The van der Waals surface area contributed by atoms with E-state index < -0.39 is 5.91 Å². The number of rotatable bonds is 5. The van der Waals surface area contributed by atoms with Gasteiger partial charge in [-0.25, -0.2) is 0 Å². The van der Waals surface area contributed by atoms with Gasteiger partial charge in [0.25, 0.3) is 5.91 Å². The predicted molar refractivity (Wildman–Crippen MR) is 87.4 cm³/mol. The molecular formula is C18H17N3O2. The minimum absolute atomic E-state index is 0.0468. The summed E-state index contributed by atoms with van der Waals surface area (Å²) in [5.74, 6) is 0.340. The van der Waals surface area contributed by atoms with E-state index in [1.165, 1.54) is 0 Å². The maximum absolute atomic E-state index is 12.1. The van der Waals surface area contributed by atoms with Gasteiger partial charge in [-0.3, -0.25) is 9.78 Å². The molecule has 0 saturated heterocycles. The van der Waals surface area contributed by atoms with Crippen LogP contribution in [0.25, 0.3) is 6.08 Å². The summed E-state index contributed by atoms with van der Waals surface area (Å²) in [5.41, 5.74) is 2.49. The van der Waals surface area contributed by atoms with Crippen LogP contribution in [0.5, 0.6) is 5.75 Å². The van der Waals surface area contributed by atoms with Gasteiger partial charge in [0.1, 0.15) is 17.4 Å². The molecule has 23 heavy (non-hydrogen) atoms. The topological polar surface area (TPSA) is 75.0 Å². The van der Waals surface area contributed by atoms with Crippen molar-refractivity contribution in [3.05, 3.63) is 65.0 Å². The Hall–Kier alpha value is -3.13. The van der Waals surface area contributed by atoms with Crippen LogP contribution in [0.2, 0.25) is 0 Å². The highest BCUT2D eigenvalue weighted by molar-refractivity contribution is 6.01. The lowest BCUT2D eigenvalue weighted by atomic mass is 10.1. The molecule has 5 heteroatoms. The number of ether oxygens (including phenoxy) is 1. The number of methoxy groups -OCH3 is 1. The quantitative estimate of drug-likeness (QED) is 0.680. The van der Waals surface area contributed by atoms with E-state index in [0.717, 1.165) is 22.6 Å². The van der Waals surface area contributed by atoms with Crippen LogP contribution in [0.4, 0.5) is 0 Å². The zero-order valence-corrected chi connectivity index (χ0v) is 13.0. The molecule has 0 spiro atoms. The highest BCUT2D eigenvalue weighted by atomic mass is 16.5. The third-order valence-electron chi connectivity index (χ3n) is 3.25. The van der Waals surface area contributed by atoms with Gasteiger partial charge in [-0.2, -0.15) is 5.26 Å². The summed E-state index contributed by atoms with van der Waals surface area (Å²) < 4.78 is 5.19. The average molecular weight is 307 g/mol. The summed E-state index contributed by atoms with van der Waals surface area (Å²) in [6, 6.07) is 12.9. The Morgan fingerprint density at radius 3 is 2.83 bits per heavy atom. The number of aryl methyl sites for hydroxylation is 1. The van der Waals surface area contributed by atoms with Crippen LogP contribution in [0, 0.1) is 18.3 Å². The van der Waals surface area contributed by atoms with E-state index in [-0.39, 0.29) is 12.1 Å². The second-order valence-corrected chi connectivity index (χ2v) is 4.90. The molecule has 0 radical (unpaired) electrons. The van der Waals surface area contributed by atoms with Crippen LogP contribution >= 0.6 is 0 Å². The van der Waals surface area contributed by atoms with Gasteiger partial charge >= 0.3 is 0 Å². The number of pyridine rings is 1. The number of nitriles is 1. The second kappa shape index (κ2) is 7.76. The number of hydrogen-bond donors (Lipinski definition) is 1.